The summed E-state index contributed by atoms with van der Waals surface area (Å²) in [6.07, 6.45) is 0. The van der Waals surface area contributed by atoms with Gasteiger partial charge in [-0.15, -0.1) is 0 Å². The highest BCUT2D eigenvalue weighted by molar-refractivity contribution is 5.86. The Hall–Kier alpha value is -3.80. The highest BCUT2D eigenvalue weighted by atomic mass is 16.5. The van der Waals surface area contributed by atoms with Gasteiger partial charge in [0.05, 0.1) is 37.2 Å². The number of nitriles is 1. The molecule has 0 saturated carbocycles. The van der Waals surface area contributed by atoms with Gasteiger partial charge in [0.15, 0.2) is 5.75 Å². The van der Waals surface area contributed by atoms with E-state index in [0.717, 1.165) is 30.0 Å². The molecule has 0 radical (unpaired) electrons. The van der Waals surface area contributed by atoms with E-state index < -0.39 is 11.5 Å². The molecule has 2 aliphatic heterocycles. The number of hydrogen-bond acceptors (Lipinski definition) is 8. The van der Waals surface area contributed by atoms with Gasteiger partial charge in [-0.25, -0.2) is 4.79 Å². The number of rotatable bonds is 4. The minimum atomic E-state index is -0.714. The molecule has 0 spiro atoms. The van der Waals surface area contributed by atoms with Crippen molar-refractivity contribution in [1.82, 2.24) is 4.90 Å². The molecule has 1 fully saturated rings. The van der Waals surface area contributed by atoms with E-state index in [0.29, 0.717) is 36.5 Å². The van der Waals surface area contributed by atoms with Crippen molar-refractivity contribution in [2.45, 2.75) is 12.5 Å². The van der Waals surface area contributed by atoms with E-state index in [2.05, 4.69) is 11.0 Å². The van der Waals surface area contributed by atoms with Crippen molar-refractivity contribution in [1.29, 1.82) is 5.26 Å². The summed E-state index contributed by atoms with van der Waals surface area (Å²) in [5, 5.41) is 10.5. The van der Waals surface area contributed by atoms with Crippen LogP contribution in [0.3, 0.4) is 0 Å². The van der Waals surface area contributed by atoms with Gasteiger partial charge in [0.25, 0.3) is 0 Å². The van der Waals surface area contributed by atoms with Crippen molar-refractivity contribution in [2.75, 3.05) is 33.4 Å². The van der Waals surface area contributed by atoms with Crippen molar-refractivity contribution in [3.05, 3.63) is 81.0 Å². The van der Waals surface area contributed by atoms with Crippen molar-refractivity contribution < 1.29 is 18.6 Å². The van der Waals surface area contributed by atoms with Gasteiger partial charge in [0.2, 0.25) is 5.88 Å². The normalized spacial score (nSPS) is 18.5. The zero-order valence-electron chi connectivity index (χ0n) is 18.2. The topological polar surface area (TPSA) is 111 Å². The van der Waals surface area contributed by atoms with Gasteiger partial charge in [-0.2, -0.15) is 5.26 Å². The summed E-state index contributed by atoms with van der Waals surface area (Å²) in [5.74, 6) is 0.331. The Morgan fingerprint density at radius 1 is 1.21 bits per heavy atom. The largest absolute Gasteiger partial charge is 0.496 e. The standard InChI is InChI=1S/C25H23N3O5/c1-30-19-7-6-15(12-16(19)14-28-8-10-31-11-9-28)21-18(13-26)24(27)33-23-17-4-2-3-5-20(17)32-25(29)22(21)23/h2-7,12,21H,8-11,14,27H2,1H3. The van der Waals surface area contributed by atoms with Crippen LogP contribution in [0.4, 0.5) is 0 Å². The van der Waals surface area contributed by atoms with Crippen molar-refractivity contribution in [3.8, 4) is 17.6 Å². The van der Waals surface area contributed by atoms with Crippen LogP contribution in [0.2, 0.25) is 0 Å². The lowest BCUT2D eigenvalue weighted by molar-refractivity contribution is 0.0339. The fraction of sp³-hybridized carbons (Fsp3) is 0.280. The van der Waals surface area contributed by atoms with Crippen molar-refractivity contribution in [2.24, 2.45) is 5.73 Å². The zero-order valence-corrected chi connectivity index (χ0v) is 18.2. The second-order valence-corrected chi connectivity index (χ2v) is 8.01. The third-order valence-corrected chi connectivity index (χ3v) is 6.11. The maximum absolute atomic E-state index is 13.1. The van der Waals surface area contributed by atoms with Crippen LogP contribution in [-0.2, 0) is 11.3 Å². The van der Waals surface area contributed by atoms with Crippen LogP contribution >= 0.6 is 0 Å². The Morgan fingerprint density at radius 2 is 2.00 bits per heavy atom. The van der Waals surface area contributed by atoms with E-state index in [-0.39, 0.29) is 17.0 Å². The molecule has 2 aliphatic rings. The number of ether oxygens (including phenoxy) is 3. The fourth-order valence-electron chi connectivity index (χ4n) is 4.50. The first kappa shape index (κ1) is 21.1. The fourth-order valence-corrected chi connectivity index (χ4v) is 4.50. The van der Waals surface area contributed by atoms with Crippen LogP contribution in [-0.4, -0.2) is 38.3 Å². The average Bonchev–Trinajstić information content (AvgIpc) is 2.84. The Kier molecular flexibility index (Phi) is 5.50. The lowest BCUT2D eigenvalue weighted by Crippen LogP contribution is -2.35. The quantitative estimate of drug-likeness (QED) is 0.611. The molecule has 1 atom stereocenters. The molecule has 8 heteroatoms. The highest BCUT2D eigenvalue weighted by Gasteiger charge is 2.35. The maximum atomic E-state index is 13.1. The number of hydrogen-bond donors (Lipinski definition) is 1. The van der Waals surface area contributed by atoms with Crippen LogP contribution in [0, 0.1) is 11.3 Å². The molecule has 5 rings (SSSR count). The minimum absolute atomic E-state index is 0.0173. The lowest BCUT2D eigenvalue weighted by atomic mass is 9.83. The number of benzene rings is 2. The van der Waals surface area contributed by atoms with Crippen LogP contribution in [0.25, 0.3) is 11.0 Å². The molecule has 8 nitrogen and oxygen atoms in total. The molecule has 33 heavy (non-hydrogen) atoms. The van der Waals surface area contributed by atoms with E-state index in [1.54, 1.807) is 25.3 Å². The smallest absolute Gasteiger partial charge is 0.344 e. The third-order valence-electron chi connectivity index (χ3n) is 6.11. The van der Waals surface area contributed by atoms with Gasteiger partial charge in [-0.3, -0.25) is 4.90 Å². The lowest BCUT2D eigenvalue weighted by Gasteiger charge is -2.29. The number of para-hydroxylation sites is 1. The summed E-state index contributed by atoms with van der Waals surface area (Å²) in [5.41, 5.74) is 8.15. The summed E-state index contributed by atoms with van der Waals surface area (Å²) in [6, 6.07) is 14.9. The van der Waals surface area contributed by atoms with Gasteiger partial charge in [0.1, 0.15) is 23.0 Å². The maximum Gasteiger partial charge on any atom is 0.344 e. The van der Waals surface area contributed by atoms with Gasteiger partial charge < -0.3 is 24.4 Å². The van der Waals surface area contributed by atoms with Crippen molar-refractivity contribution in [3.63, 3.8) is 0 Å². The van der Waals surface area contributed by atoms with E-state index in [1.807, 2.05) is 24.3 Å². The number of morpholine rings is 1. The first-order chi connectivity index (χ1) is 16.1. The molecule has 1 saturated heterocycles. The van der Waals surface area contributed by atoms with E-state index in [4.69, 9.17) is 24.4 Å². The number of nitrogens with zero attached hydrogens (tertiary/aromatic N) is 2. The summed E-state index contributed by atoms with van der Waals surface area (Å²) >= 11 is 0. The summed E-state index contributed by atoms with van der Waals surface area (Å²) in [4.78, 5) is 15.4. The van der Waals surface area contributed by atoms with E-state index in [1.165, 1.54) is 0 Å². The molecule has 0 bridgehead atoms. The van der Waals surface area contributed by atoms with Crippen LogP contribution in [0.5, 0.6) is 11.5 Å². The van der Waals surface area contributed by atoms with Crippen LogP contribution in [0.15, 0.2) is 63.1 Å². The minimum Gasteiger partial charge on any atom is -0.496 e. The first-order valence-electron chi connectivity index (χ1n) is 10.7. The number of nitrogens with two attached hydrogens (primary N) is 1. The van der Waals surface area contributed by atoms with Gasteiger partial charge in [-0.1, -0.05) is 18.2 Å². The Bertz CT molecular complexity index is 1350. The third kappa shape index (κ3) is 3.71. The van der Waals surface area contributed by atoms with Crippen LogP contribution in [0.1, 0.15) is 22.6 Å². The Balaban J connectivity index is 1.67. The Labute approximate surface area is 190 Å². The SMILES string of the molecule is COc1ccc(C2C(C#N)=C(N)Oc3c2c(=O)oc2ccccc32)cc1CN1CCOCC1. The second-order valence-electron chi connectivity index (χ2n) is 8.01. The molecule has 1 unspecified atom stereocenters. The molecule has 0 amide bonds. The van der Waals surface area contributed by atoms with Gasteiger partial charge in [-0.05, 0) is 29.8 Å². The predicted molar refractivity (Wildman–Crippen MR) is 121 cm³/mol. The zero-order chi connectivity index (χ0) is 22.9. The molecule has 3 heterocycles. The average molecular weight is 445 g/mol. The number of fused-ring (bicyclic) bond motifs is 3. The molecule has 1 aromatic heterocycles. The van der Waals surface area contributed by atoms with Crippen LogP contribution < -0.4 is 20.8 Å². The molecule has 2 aromatic carbocycles. The molecular weight excluding hydrogens is 422 g/mol. The van der Waals surface area contributed by atoms with Gasteiger partial charge in [0, 0.05) is 25.2 Å². The predicted octanol–water partition coefficient (Wildman–Crippen LogP) is 2.85. The molecule has 3 aromatic rings. The molecule has 2 N–H and O–H groups in total. The molecular formula is C25H23N3O5. The van der Waals surface area contributed by atoms with Crippen molar-refractivity contribution >= 4 is 11.0 Å². The Morgan fingerprint density at radius 3 is 2.76 bits per heavy atom. The summed E-state index contributed by atoms with van der Waals surface area (Å²) < 4.78 is 22.4. The summed E-state index contributed by atoms with van der Waals surface area (Å²) in [6.45, 7) is 3.66. The number of methoxy groups -OCH3 is 1. The highest BCUT2D eigenvalue weighted by Crippen LogP contribution is 2.44. The van der Waals surface area contributed by atoms with E-state index >= 15 is 0 Å². The number of allylic oxidation sites excluding steroid dienone is 1. The van der Waals surface area contributed by atoms with Gasteiger partial charge >= 0.3 is 5.63 Å². The second kappa shape index (κ2) is 8.62. The van der Waals surface area contributed by atoms with E-state index in [9.17, 15) is 10.1 Å². The monoisotopic (exact) mass is 445 g/mol. The molecule has 0 aliphatic carbocycles. The molecule has 168 valence electrons. The summed E-state index contributed by atoms with van der Waals surface area (Å²) in [7, 11) is 1.63. The first-order valence-corrected chi connectivity index (χ1v) is 10.7.